The summed E-state index contributed by atoms with van der Waals surface area (Å²) in [6.45, 7) is -0.164. The molecule has 1 fully saturated rings. The number of amides is 1. The summed E-state index contributed by atoms with van der Waals surface area (Å²) >= 11 is 5.47. The molecule has 1 aliphatic rings. The van der Waals surface area contributed by atoms with Crippen molar-refractivity contribution in [2.24, 2.45) is 0 Å². The SMILES string of the molecule is O=C1CC(=O)N(c2nc(Cl)ncc2F)C1. The summed E-state index contributed by atoms with van der Waals surface area (Å²) in [5.41, 5.74) is 0. The Labute approximate surface area is 88.9 Å². The van der Waals surface area contributed by atoms with Crippen LogP contribution in [0.25, 0.3) is 0 Å². The minimum Gasteiger partial charge on any atom is -0.297 e. The fraction of sp³-hybridized carbons (Fsp3) is 0.250. The largest absolute Gasteiger partial charge is 0.297 e. The average Bonchev–Trinajstić information content (AvgIpc) is 2.50. The maximum atomic E-state index is 13.2. The summed E-state index contributed by atoms with van der Waals surface area (Å²) < 4.78 is 13.2. The Bertz CT molecular complexity index is 452. The van der Waals surface area contributed by atoms with Crippen molar-refractivity contribution in [3.8, 4) is 0 Å². The van der Waals surface area contributed by atoms with Crippen LogP contribution >= 0.6 is 11.6 Å². The van der Waals surface area contributed by atoms with Gasteiger partial charge in [0.1, 0.15) is 0 Å². The molecule has 1 aromatic rings. The highest BCUT2D eigenvalue weighted by Crippen LogP contribution is 2.21. The Morgan fingerprint density at radius 3 is 2.80 bits per heavy atom. The molecule has 0 atom stereocenters. The van der Waals surface area contributed by atoms with Crippen molar-refractivity contribution < 1.29 is 14.0 Å². The Hall–Kier alpha value is -1.56. The first-order valence-corrected chi connectivity index (χ1v) is 4.46. The zero-order chi connectivity index (χ0) is 11.0. The maximum absolute atomic E-state index is 13.2. The normalized spacial score (nSPS) is 16.3. The van der Waals surface area contributed by atoms with Crippen molar-refractivity contribution in [3.63, 3.8) is 0 Å². The second-order valence-electron chi connectivity index (χ2n) is 3.01. The lowest BCUT2D eigenvalue weighted by Crippen LogP contribution is -2.26. The number of hydrogen-bond donors (Lipinski definition) is 0. The molecule has 1 aromatic heterocycles. The summed E-state index contributed by atoms with van der Waals surface area (Å²) in [7, 11) is 0. The van der Waals surface area contributed by atoms with Gasteiger partial charge < -0.3 is 0 Å². The molecule has 2 rings (SSSR count). The summed E-state index contributed by atoms with van der Waals surface area (Å²) in [6, 6.07) is 0. The predicted molar refractivity (Wildman–Crippen MR) is 49.0 cm³/mol. The smallest absolute Gasteiger partial charge is 0.236 e. The van der Waals surface area contributed by atoms with Crippen LogP contribution in [0.1, 0.15) is 6.42 Å². The summed E-state index contributed by atoms with van der Waals surface area (Å²) in [6.07, 6.45) is 0.641. The number of aromatic nitrogens is 2. The van der Waals surface area contributed by atoms with E-state index in [9.17, 15) is 14.0 Å². The molecule has 0 aromatic carbocycles. The van der Waals surface area contributed by atoms with E-state index in [-0.39, 0.29) is 29.9 Å². The van der Waals surface area contributed by atoms with Gasteiger partial charge in [-0.15, -0.1) is 0 Å². The number of rotatable bonds is 1. The molecule has 0 unspecified atom stereocenters. The lowest BCUT2D eigenvalue weighted by Gasteiger charge is -2.13. The number of ketones is 1. The fourth-order valence-corrected chi connectivity index (χ4v) is 1.43. The summed E-state index contributed by atoms with van der Waals surface area (Å²) in [5, 5.41) is -0.168. The van der Waals surface area contributed by atoms with Crippen LogP contribution in [0, 0.1) is 5.82 Å². The van der Waals surface area contributed by atoms with Crippen LogP contribution in [-0.4, -0.2) is 28.2 Å². The first-order valence-electron chi connectivity index (χ1n) is 4.08. The van der Waals surface area contributed by atoms with Crippen molar-refractivity contribution in [2.45, 2.75) is 6.42 Å². The Morgan fingerprint density at radius 1 is 1.47 bits per heavy atom. The third kappa shape index (κ3) is 1.80. The van der Waals surface area contributed by atoms with Crippen LogP contribution in [0.15, 0.2) is 6.20 Å². The van der Waals surface area contributed by atoms with Gasteiger partial charge in [-0.25, -0.2) is 9.37 Å². The van der Waals surface area contributed by atoms with E-state index in [0.717, 1.165) is 11.1 Å². The third-order valence-corrected chi connectivity index (χ3v) is 2.12. The van der Waals surface area contributed by atoms with Crippen molar-refractivity contribution >= 4 is 29.1 Å². The maximum Gasteiger partial charge on any atom is 0.236 e. The zero-order valence-corrected chi connectivity index (χ0v) is 8.16. The van der Waals surface area contributed by atoms with Crippen LogP contribution in [0.3, 0.4) is 0 Å². The zero-order valence-electron chi connectivity index (χ0n) is 7.41. The highest BCUT2D eigenvalue weighted by Gasteiger charge is 2.31. The number of hydrogen-bond acceptors (Lipinski definition) is 4. The van der Waals surface area contributed by atoms with Gasteiger partial charge in [0.25, 0.3) is 0 Å². The molecule has 0 N–H and O–H groups in total. The van der Waals surface area contributed by atoms with Crippen LogP contribution in [-0.2, 0) is 9.59 Å². The van der Waals surface area contributed by atoms with E-state index in [0.29, 0.717) is 0 Å². The van der Waals surface area contributed by atoms with E-state index in [4.69, 9.17) is 11.6 Å². The Kier molecular flexibility index (Phi) is 2.36. The lowest BCUT2D eigenvalue weighted by atomic mass is 10.3. The molecule has 0 spiro atoms. The fourth-order valence-electron chi connectivity index (χ4n) is 1.30. The number of nitrogens with zero attached hydrogens (tertiary/aromatic N) is 3. The monoisotopic (exact) mass is 229 g/mol. The van der Waals surface area contributed by atoms with E-state index in [1.54, 1.807) is 0 Å². The standard InChI is InChI=1S/C8H5ClFN3O2/c9-8-11-2-5(10)7(12-8)13-3-4(14)1-6(13)15/h2H,1,3H2. The molecule has 0 bridgehead atoms. The van der Waals surface area contributed by atoms with Gasteiger partial charge in [-0.05, 0) is 11.6 Å². The van der Waals surface area contributed by atoms with Gasteiger partial charge in [0.05, 0.1) is 19.2 Å². The highest BCUT2D eigenvalue weighted by molar-refractivity contribution is 6.28. The van der Waals surface area contributed by atoms with Gasteiger partial charge >= 0.3 is 0 Å². The summed E-state index contributed by atoms with van der Waals surface area (Å²) in [5.74, 6) is -1.77. The molecule has 0 radical (unpaired) electrons. The van der Waals surface area contributed by atoms with Crippen LogP contribution in [0.4, 0.5) is 10.2 Å². The molecule has 7 heteroatoms. The molecule has 15 heavy (non-hydrogen) atoms. The molecule has 5 nitrogen and oxygen atoms in total. The minimum absolute atomic E-state index is 0.164. The van der Waals surface area contributed by atoms with Crippen molar-refractivity contribution in [2.75, 3.05) is 11.4 Å². The van der Waals surface area contributed by atoms with E-state index >= 15 is 0 Å². The lowest BCUT2D eigenvalue weighted by molar-refractivity contribution is -0.121. The predicted octanol–water partition coefficient (Wildman–Crippen LogP) is 0.575. The number of carbonyl (C=O) groups is 2. The van der Waals surface area contributed by atoms with Gasteiger partial charge in [0, 0.05) is 0 Å². The molecular weight excluding hydrogens is 225 g/mol. The average molecular weight is 230 g/mol. The van der Waals surface area contributed by atoms with Crippen molar-refractivity contribution in [3.05, 3.63) is 17.3 Å². The van der Waals surface area contributed by atoms with Crippen LogP contribution in [0.2, 0.25) is 5.28 Å². The molecule has 2 heterocycles. The van der Waals surface area contributed by atoms with E-state index in [1.807, 2.05) is 0 Å². The number of halogens is 2. The van der Waals surface area contributed by atoms with Gasteiger partial charge in [0.2, 0.25) is 11.2 Å². The number of anilines is 1. The van der Waals surface area contributed by atoms with Crippen LogP contribution in [0.5, 0.6) is 0 Å². The third-order valence-electron chi connectivity index (χ3n) is 1.94. The molecule has 1 amide bonds. The van der Waals surface area contributed by atoms with Crippen LogP contribution < -0.4 is 4.90 Å². The van der Waals surface area contributed by atoms with E-state index in [2.05, 4.69) is 9.97 Å². The van der Waals surface area contributed by atoms with Gasteiger partial charge in [-0.1, -0.05) is 0 Å². The number of carbonyl (C=O) groups excluding carboxylic acids is 2. The first kappa shape index (κ1) is 9.97. The number of Topliss-reactive ketones (excluding diaryl/α,β-unsaturated/α-hetero) is 1. The second kappa shape index (κ2) is 3.54. The quantitative estimate of drug-likeness (QED) is 0.522. The summed E-state index contributed by atoms with van der Waals surface area (Å²) in [4.78, 5) is 30.2. The topological polar surface area (TPSA) is 63.2 Å². The van der Waals surface area contributed by atoms with E-state index in [1.165, 1.54) is 0 Å². The first-order chi connectivity index (χ1) is 7.08. The Morgan fingerprint density at radius 2 is 2.20 bits per heavy atom. The van der Waals surface area contributed by atoms with Crippen molar-refractivity contribution in [1.29, 1.82) is 0 Å². The van der Waals surface area contributed by atoms with Gasteiger partial charge in [0.15, 0.2) is 17.4 Å². The molecule has 1 aliphatic heterocycles. The molecule has 0 saturated carbocycles. The molecule has 78 valence electrons. The molecular formula is C8H5ClFN3O2. The molecule has 0 aliphatic carbocycles. The minimum atomic E-state index is -0.776. The highest BCUT2D eigenvalue weighted by atomic mass is 35.5. The van der Waals surface area contributed by atoms with Crippen molar-refractivity contribution in [1.82, 2.24) is 9.97 Å². The van der Waals surface area contributed by atoms with E-state index < -0.39 is 11.7 Å². The molecule has 1 saturated heterocycles. The van der Waals surface area contributed by atoms with Gasteiger partial charge in [-0.2, -0.15) is 4.98 Å². The second-order valence-corrected chi connectivity index (χ2v) is 3.34. The van der Waals surface area contributed by atoms with Gasteiger partial charge in [-0.3, -0.25) is 14.5 Å². The Balaban J connectivity index is 2.41.